The van der Waals surface area contributed by atoms with Crippen molar-refractivity contribution in [1.29, 1.82) is 0 Å². The van der Waals surface area contributed by atoms with Gasteiger partial charge in [0.05, 0.1) is 5.69 Å². The molecule has 0 bridgehead atoms. The zero-order valence-corrected chi connectivity index (χ0v) is 14.7. The highest BCUT2D eigenvalue weighted by Crippen LogP contribution is 2.28. The topological polar surface area (TPSA) is 63.9 Å². The quantitative estimate of drug-likeness (QED) is 0.820. The van der Waals surface area contributed by atoms with E-state index in [2.05, 4.69) is 15.3 Å². The Morgan fingerprint density at radius 3 is 2.56 bits per heavy atom. The number of hydrogen-bond donors (Lipinski definition) is 0. The van der Waals surface area contributed by atoms with Crippen molar-refractivity contribution in [3.8, 4) is 0 Å². The van der Waals surface area contributed by atoms with Gasteiger partial charge in [0.1, 0.15) is 0 Å². The van der Waals surface area contributed by atoms with Gasteiger partial charge in [0.2, 0.25) is 0 Å². The number of fused-ring (bicyclic) bond motifs is 1. The van der Waals surface area contributed by atoms with E-state index in [1.807, 2.05) is 4.90 Å². The van der Waals surface area contributed by atoms with E-state index >= 15 is 0 Å². The normalized spacial score (nSPS) is 18.0. The van der Waals surface area contributed by atoms with Crippen LogP contribution in [0.4, 0.5) is 19.0 Å². The lowest BCUT2D eigenvalue weighted by Crippen LogP contribution is -2.37. The van der Waals surface area contributed by atoms with Crippen LogP contribution in [-0.2, 0) is 25.6 Å². The summed E-state index contributed by atoms with van der Waals surface area (Å²) in [4.78, 5) is 14.2. The molecule has 9 heteroatoms. The summed E-state index contributed by atoms with van der Waals surface area (Å²) in [6.45, 7) is 1.92. The Labute approximate surface area is 154 Å². The van der Waals surface area contributed by atoms with Crippen LogP contribution in [0.5, 0.6) is 0 Å². The summed E-state index contributed by atoms with van der Waals surface area (Å²) in [5.41, 5.74) is 1.08. The van der Waals surface area contributed by atoms with Crippen LogP contribution >= 0.6 is 0 Å². The number of rotatable bonds is 3. The van der Waals surface area contributed by atoms with Gasteiger partial charge in [-0.1, -0.05) is 0 Å². The van der Waals surface area contributed by atoms with Gasteiger partial charge >= 0.3 is 6.18 Å². The van der Waals surface area contributed by atoms with Crippen LogP contribution in [0.2, 0.25) is 0 Å². The van der Waals surface area contributed by atoms with Crippen molar-refractivity contribution in [2.24, 2.45) is 5.92 Å². The first-order chi connectivity index (χ1) is 12.9. The zero-order chi connectivity index (χ0) is 19.0. The summed E-state index contributed by atoms with van der Waals surface area (Å²) >= 11 is 0. The average Bonchev–Trinajstić information content (AvgIpc) is 3.09. The second-order valence-corrected chi connectivity index (χ2v) is 7.20. The number of nitrogens with zero attached hydrogens (tertiary/aromatic N) is 5. The summed E-state index contributed by atoms with van der Waals surface area (Å²) in [5, 5.41) is 11.5. The molecule has 144 valence electrons. The molecule has 0 radical (unpaired) electrons. The number of anilines is 1. The largest absolute Gasteiger partial charge is 0.435 e. The molecule has 6 nitrogen and oxygen atoms in total. The van der Waals surface area contributed by atoms with Crippen molar-refractivity contribution >= 4 is 5.82 Å². The van der Waals surface area contributed by atoms with Crippen LogP contribution in [0, 0.1) is 5.92 Å². The number of halogens is 3. The fourth-order valence-corrected chi connectivity index (χ4v) is 3.80. The van der Waals surface area contributed by atoms with Gasteiger partial charge in [0, 0.05) is 25.7 Å². The summed E-state index contributed by atoms with van der Waals surface area (Å²) in [5.74, 6) is 0.766. The molecular weight excluding hydrogens is 359 g/mol. The van der Waals surface area contributed by atoms with Gasteiger partial charge < -0.3 is 4.90 Å². The SMILES string of the molecule is O=c1cc2c(nn1CC1CCN(c3ccc(C(F)(F)F)nn3)CC1)CCC2. The van der Waals surface area contributed by atoms with Crippen molar-refractivity contribution in [3.05, 3.63) is 45.5 Å². The highest BCUT2D eigenvalue weighted by molar-refractivity contribution is 5.38. The molecule has 1 aliphatic carbocycles. The smallest absolute Gasteiger partial charge is 0.355 e. The molecule has 2 aromatic heterocycles. The molecule has 1 fully saturated rings. The minimum absolute atomic E-state index is 0.0494. The predicted octanol–water partition coefficient (Wildman–Crippen LogP) is 2.46. The van der Waals surface area contributed by atoms with E-state index in [0.29, 0.717) is 31.4 Å². The zero-order valence-electron chi connectivity index (χ0n) is 14.7. The second-order valence-electron chi connectivity index (χ2n) is 7.20. The van der Waals surface area contributed by atoms with Gasteiger partial charge in [-0.3, -0.25) is 4.79 Å². The van der Waals surface area contributed by atoms with Gasteiger partial charge in [0.15, 0.2) is 11.5 Å². The first-order valence-electron chi connectivity index (χ1n) is 9.16. The molecule has 2 aromatic rings. The Balaban J connectivity index is 1.37. The molecule has 0 unspecified atom stereocenters. The third kappa shape index (κ3) is 3.81. The molecule has 2 aliphatic rings. The molecule has 3 heterocycles. The molecule has 0 saturated carbocycles. The standard InChI is InChI=1S/C18H20F3N5O/c19-18(20,21)15-4-5-16(23-22-15)25-8-6-12(7-9-25)11-26-17(27)10-13-2-1-3-14(13)24-26/h4-5,10,12H,1-3,6-9,11H2. The lowest BCUT2D eigenvalue weighted by Gasteiger charge is -2.32. The maximum Gasteiger partial charge on any atom is 0.435 e. The molecule has 0 amide bonds. The third-order valence-corrected chi connectivity index (χ3v) is 5.33. The van der Waals surface area contributed by atoms with E-state index in [1.54, 1.807) is 10.7 Å². The number of piperidine rings is 1. The van der Waals surface area contributed by atoms with Gasteiger partial charge in [-0.25, -0.2) is 4.68 Å². The number of alkyl halides is 3. The Morgan fingerprint density at radius 1 is 1.11 bits per heavy atom. The molecule has 27 heavy (non-hydrogen) atoms. The van der Waals surface area contributed by atoms with Gasteiger partial charge in [-0.2, -0.15) is 18.3 Å². The molecule has 1 aliphatic heterocycles. The molecule has 0 atom stereocenters. The van der Waals surface area contributed by atoms with Gasteiger partial charge in [0.25, 0.3) is 5.56 Å². The van der Waals surface area contributed by atoms with E-state index in [9.17, 15) is 18.0 Å². The molecule has 0 spiro atoms. The van der Waals surface area contributed by atoms with Crippen LogP contribution in [-0.4, -0.2) is 33.1 Å². The monoisotopic (exact) mass is 379 g/mol. The number of aryl methyl sites for hydroxylation is 2. The predicted molar refractivity (Wildman–Crippen MR) is 92.5 cm³/mol. The molecule has 1 saturated heterocycles. The maximum atomic E-state index is 12.6. The van der Waals surface area contributed by atoms with Crippen molar-refractivity contribution < 1.29 is 13.2 Å². The van der Waals surface area contributed by atoms with E-state index in [0.717, 1.165) is 49.4 Å². The highest BCUT2D eigenvalue weighted by atomic mass is 19.4. The van der Waals surface area contributed by atoms with Crippen LogP contribution in [0.25, 0.3) is 0 Å². The van der Waals surface area contributed by atoms with E-state index in [-0.39, 0.29) is 5.56 Å². The summed E-state index contributed by atoms with van der Waals surface area (Å²) < 4.78 is 39.3. The van der Waals surface area contributed by atoms with Crippen LogP contribution < -0.4 is 10.5 Å². The molecule has 4 rings (SSSR count). The molecular formula is C18H20F3N5O. The van der Waals surface area contributed by atoms with Crippen LogP contribution in [0.15, 0.2) is 23.0 Å². The second kappa shape index (κ2) is 6.94. The summed E-state index contributed by atoms with van der Waals surface area (Å²) in [6, 6.07) is 4.04. The van der Waals surface area contributed by atoms with Crippen LogP contribution in [0.1, 0.15) is 36.2 Å². The average molecular weight is 379 g/mol. The summed E-state index contributed by atoms with van der Waals surface area (Å²) in [6.07, 6.45) is 0.0976. The van der Waals surface area contributed by atoms with Crippen molar-refractivity contribution in [1.82, 2.24) is 20.0 Å². The minimum Gasteiger partial charge on any atom is -0.355 e. The Morgan fingerprint density at radius 2 is 1.89 bits per heavy atom. The van der Waals surface area contributed by atoms with Crippen molar-refractivity contribution in [3.63, 3.8) is 0 Å². The number of hydrogen-bond acceptors (Lipinski definition) is 5. The van der Waals surface area contributed by atoms with E-state index in [1.165, 1.54) is 6.07 Å². The van der Waals surface area contributed by atoms with Crippen molar-refractivity contribution in [2.75, 3.05) is 18.0 Å². The Hall–Kier alpha value is -2.45. The summed E-state index contributed by atoms with van der Waals surface area (Å²) in [7, 11) is 0. The third-order valence-electron chi connectivity index (χ3n) is 5.33. The highest BCUT2D eigenvalue weighted by Gasteiger charge is 2.33. The van der Waals surface area contributed by atoms with E-state index in [4.69, 9.17) is 0 Å². The lowest BCUT2D eigenvalue weighted by atomic mass is 9.97. The fraction of sp³-hybridized carbons (Fsp3) is 0.556. The molecule has 0 aromatic carbocycles. The fourth-order valence-electron chi connectivity index (χ4n) is 3.80. The molecule has 0 N–H and O–H groups in total. The first kappa shape index (κ1) is 17.9. The van der Waals surface area contributed by atoms with Crippen LogP contribution in [0.3, 0.4) is 0 Å². The minimum atomic E-state index is -4.48. The Kier molecular flexibility index (Phi) is 4.61. The first-order valence-corrected chi connectivity index (χ1v) is 9.16. The van der Waals surface area contributed by atoms with Gasteiger partial charge in [-0.05, 0) is 55.7 Å². The van der Waals surface area contributed by atoms with E-state index < -0.39 is 11.9 Å². The number of aromatic nitrogens is 4. The van der Waals surface area contributed by atoms with Crippen molar-refractivity contribution in [2.45, 2.75) is 44.8 Å². The maximum absolute atomic E-state index is 12.6. The van der Waals surface area contributed by atoms with Gasteiger partial charge in [-0.15, -0.1) is 10.2 Å². The lowest BCUT2D eigenvalue weighted by molar-refractivity contribution is -0.141. The Bertz CT molecular complexity index is 870.